The molecule has 5 nitrogen and oxygen atoms in total. The molecule has 0 aliphatic carbocycles. The molecule has 0 amide bonds. The van der Waals surface area contributed by atoms with Gasteiger partial charge in [0.25, 0.3) is 0 Å². The normalized spacial score (nSPS) is 20.9. The molecule has 1 unspecified atom stereocenters. The molecule has 118 valence electrons. The second-order valence-corrected chi connectivity index (χ2v) is 5.12. The molecule has 0 bridgehead atoms. The third-order valence-electron chi connectivity index (χ3n) is 3.70. The van der Waals surface area contributed by atoms with Gasteiger partial charge in [-0.25, -0.2) is 0 Å². The summed E-state index contributed by atoms with van der Waals surface area (Å²) in [6.07, 6.45) is 3.95. The van der Waals surface area contributed by atoms with Crippen molar-refractivity contribution in [3.63, 3.8) is 0 Å². The largest absolute Gasteiger partial charge is 0.380 e. The predicted molar refractivity (Wildman–Crippen MR) is 85.4 cm³/mol. The van der Waals surface area contributed by atoms with Gasteiger partial charge in [0, 0.05) is 25.7 Å². The molecule has 1 heterocycles. The zero-order chi connectivity index (χ0) is 14.6. The molecule has 20 heavy (non-hydrogen) atoms. The Hall–Kier alpha value is -0.810. The Morgan fingerprint density at radius 2 is 2.10 bits per heavy atom. The van der Waals surface area contributed by atoms with Gasteiger partial charge in [-0.05, 0) is 39.8 Å². The van der Waals surface area contributed by atoms with Gasteiger partial charge in [0.05, 0.1) is 13.2 Å². The van der Waals surface area contributed by atoms with Crippen molar-refractivity contribution in [3.05, 3.63) is 0 Å². The Morgan fingerprint density at radius 3 is 2.80 bits per heavy atom. The smallest absolute Gasteiger partial charge is 0.191 e. The molecular weight excluding hydrogens is 252 g/mol. The second-order valence-electron chi connectivity index (χ2n) is 5.12. The highest BCUT2D eigenvalue weighted by atomic mass is 16.5. The van der Waals surface area contributed by atoms with Crippen LogP contribution in [-0.4, -0.2) is 62.8 Å². The van der Waals surface area contributed by atoms with E-state index in [1.165, 1.54) is 25.8 Å². The van der Waals surface area contributed by atoms with Crippen LogP contribution >= 0.6 is 0 Å². The van der Waals surface area contributed by atoms with Crippen molar-refractivity contribution in [3.8, 4) is 0 Å². The first kappa shape index (κ1) is 17.2. The van der Waals surface area contributed by atoms with Crippen LogP contribution in [-0.2, 0) is 4.74 Å². The van der Waals surface area contributed by atoms with Gasteiger partial charge >= 0.3 is 0 Å². The predicted octanol–water partition coefficient (Wildman–Crippen LogP) is 1.45. The zero-order valence-corrected chi connectivity index (χ0v) is 13.5. The SMILES string of the molecule is CCNC(=NCC1CCCCN1CC)NCCOCC. The lowest BCUT2D eigenvalue weighted by atomic mass is 10.0. The Kier molecular flexibility index (Phi) is 9.41. The van der Waals surface area contributed by atoms with E-state index >= 15 is 0 Å². The van der Waals surface area contributed by atoms with E-state index in [-0.39, 0.29) is 0 Å². The Bertz CT molecular complexity index is 271. The van der Waals surface area contributed by atoms with Gasteiger partial charge in [0.1, 0.15) is 0 Å². The van der Waals surface area contributed by atoms with Crippen LogP contribution in [0.2, 0.25) is 0 Å². The molecule has 1 aliphatic rings. The summed E-state index contributed by atoms with van der Waals surface area (Å²) in [7, 11) is 0. The standard InChI is InChI=1S/C15H32N4O/c1-4-16-15(17-10-12-20-6-3)18-13-14-9-7-8-11-19(14)5-2/h14H,4-13H2,1-3H3,(H2,16,17,18). The van der Waals surface area contributed by atoms with E-state index in [0.29, 0.717) is 6.04 Å². The third-order valence-corrected chi connectivity index (χ3v) is 3.70. The average molecular weight is 284 g/mol. The van der Waals surface area contributed by atoms with E-state index in [1.807, 2.05) is 6.92 Å². The molecule has 1 rings (SSSR count). The van der Waals surface area contributed by atoms with Gasteiger partial charge in [-0.1, -0.05) is 13.3 Å². The highest BCUT2D eigenvalue weighted by Gasteiger charge is 2.20. The molecule has 0 aromatic heterocycles. The van der Waals surface area contributed by atoms with Crippen LogP contribution in [0.1, 0.15) is 40.0 Å². The van der Waals surface area contributed by atoms with Crippen molar-refractivity contribution in [1.82, 2.24) is 15.5 Å². The maximum absolute atomic E-state index is 5.34. The first-order valence-electron chi connectivity index (χ1n) is 8.15. The van der Waals surface area contributed by atoms with Crippen LogP contribution in [0.25, 0.3) is 0 Å². The summed E-state index contributed by atoms with van der Waals surface area (Å²) >= 11 is 0. The Labute approximate surface area is 124 Å². The van der Waals surface area contributed by atoms with Gasteiger partial charge in [-0.15, -0.1) is 0 Å². The molecular formula is C15H32N4O. The minimum atomic E-state index is 0.607. The second kappa shape index (κ2) is 10.9. The first-order valence-corrected chi connectivity index (χ1v) is 8.15. The summed E-state index contributed by atoms with van der Waals surface area (Å²) < 4.78 is 5.34. The van der Waals surface area contributed by atoms with E-state index in [1.54, 1.807) is 0 Å². The average Bonchev–Trinajstić information content (AvgIpc) is 2.49. The van der Waals surface area contributed by atoms with Gasteiger partial charge in [-0.2, -0.15) is 0 Å². The fourth-order valence-electron chi connectivity index (χ4n) is 2.61. The highest BCUT2D eigenvalue weighted by molar-refractivity contribution is 5.79. The summed E-state index contributed by atoms with van der Waals surface area (Å²) in [4.78, 5) is 7.28. The Balaban J connectivity index is 2.39. The monoisotopic (exact) mass is 284 g/mol. The first-order chi connectivity index (χ1) is 9.81. The number of piperidine rings is 1. The number of rotatable bonds is 8. The quantitative estimate of drug-likeness (QED) is 0.402. The molecule has 0 aromatic carbocycles. The maximum Gasteiger partial charge on any atom is 0.191 e. The number of ether oxygens (including phenoxy) is 1. The summed E-state index contributed by atoms with van der Waals surface area (Å²) in [6, 6.07) is 0.607. The van der Waals surface area contributed by atoms with Crippen LogP contribution in [0.4, 0.5) is 0 Å². The van der Waals surface area contributed by atoms with E-state index in [4.69, 9.17) is 9.73 Å². The van der Waals surface area contributed by atoms with Crippen molar-refractivity contribution in [2.45, 2.75) is 46.1 Å². The van der Waals surface area contributed by atoms with Gasteiger partial charge in [-0.3, -0.25) is 9.89 Å². The van der Waals surface area contributed by atoms with Gasteiger partial charge in [0.2, 0.25) is 0 Å². The summed E-state index contributed by atoms with van der Waals surface area (Å²) in [5.74, 6) is 0.911. The number of nitrogens with one attached hydrogen (secondary N) is 2. The molecule has 2 N–H and O–H groups in total. The van der Waals surface area contributed by atoms with Crippen molar-refractivity contribution < 1.29 is 4.74 Å². The van der Waals surface area contributed by atoms with Crippen molar-refractivity contribution >= 4 is 5.96 Å². The molecule has 0 spiro atoms. The van der Waals surface area contributed by atoms with Gasteiger partial charge < -0.3 is 15.4 Å². The number of nitrogens with zero attached hydrogens (tertiary/aromatic N) is 2. The van der Waals surface area contributed by atoms with E-state index in [9.17, 15) is 0 Å². The minimum Gasteiger partial charge on any atom is -0.380 e. The van der Waals surface area contributed by atoms with Crippen LogP contribution in [0.5, 0.6) is 0 Å². The number of guanidine groups is 1. The lowest BCUT2D eigenvalue weighted by molar-refractivity contribution is 0.152. The lowest BCUT2D eigenvalue weighted by Crippen LogP contribution is -2.43. The lowest BCUT2D eigenvalue weighted by Gasteiger charge is -2.33. The molecule has 1 aliphatic heterocycles. The third kappa shape index (κ3) is 6.57. The zero-order valence-electron chi connectivity index (χ0n) is 13.5. The minimum absolute atomic E-state index is 0.607. The summed E-state index contributed by atoms with van der Waals surface area (Å²) in [5.41, 5.74) is 0. The van der Waals surface area contributed by atoms with Crippen LogP contribution < -0.4 is 10.6 Å². The van der Waals surface area contributed by atoms with Crippen LogP contribution in [0, 0.1) is 0 Å². The number of aliphatic imine (C=N–C) groups is 1. The molecule has 1 fully saturated rings. The van der Waals surface area contributed by atoms with E-state index in [0.717, 1.165) is 45.4 Å². The van der Waals surface area contributed by atoms with E-state index < -0.39 is 0 Å². The van der Waals surface area contributed by atoms with Crippen LogP contribution in [0.3, 0.4) is 0 Å². The van der Waals surface area contributed by atoms with Crippen LogP contribution in [0.15, 0.2) is 4.99 Å². The van der Waals surface area contributed by atoms with Crippen molar-refractivity contribution in [2.24, 2.45) is 4.99 Å². The van der Waals surface area contributed by atoms with Crippen molar-refractivity contribution in [1.29, 1.82) is 0 Å². The number of hydrogen-bond acceptors (Lipinski definition) is 3. The number of hydrogen-bond donors (Lipinski definition) is 2. The summed E-state index contributed by atoms with van der Waals surface area (Å²) in [6.45, 7) is 12.8. The molecule has 0 radical (unpaired) electrons. The summed E-state index contributed by atoms with van der Waals surface area (Å²) in [5, 5.41) is 6.62. The maximum atomic E-state index is 5.34. The topological polar surface area (TPSA) is 48.9 Å². The fourth-order valence-corrected chi connectivity index (χ4v) is 2.61. The fraction of sp³-hybridized carbons (Fsp3) is 0.933. The Morgan fingerprint density at radius 1 is 1.25 bits per heavy atom. The van der Waals surface area contributed by atoms with E-state index in [2.05, 4.69) is 29.4 Å². The molecule has 1 atom stereocenters. The highest BCUT2D eigenvalue weighted by Crippen LogP contribution is 2.16. The van der Waals surface area contributed by atoms with Gasteiger partial charge in [0.15, 0.2) is 5.96 Å². The number of likely N-dealkylation sites (tertiary alicyclic amines) is 1. The molecule has 0 saturated carbocycles. The molecule has 1 saturated heterocycles. The molecule has 0 aromatic rings. The number of likely N-dealkylation sites (N-methyl/N-ethyl adjacent to an activating group) is 1. The van der Waals surface area contributed by atoms with Crippen molar-refractivity contribution in [2.75, 3.05) is 45.9 Å². The molecule has 5 heteroatoms.